The minimum Gasteiger partial charge on any atom is -0.313 e. The number of aromatic nitrogens is 5. The number of hydrogen-bond donors (Lipinski definition) is 0. The zero-order valence-corrected chi connectivity index (χ0v) is 35.2. The van der Waals surface area contributed by atoms with Gasteiger partial charge >= 0.3 is 0 Å². The monoisotopic (exact) mass is 691 g/mol. The summed E-state index contributed by atoms with van der Waals surface area (Å²) in [6, 6.07) is 0. The van der Waals surface area contributed by atoms with Crippen molar-refractivity contribution in [3.63, 3.8) is 0 Å². The van der Waals surface area contributed by atoms with Crippen molar-refractivity contribution in [2.24, 2.45) is 0 Å². The van der Waals surface area contributed by atoms with Gasteiger partial charge in [-0.15, -0.1) is 0 Å². The number of nitrogens with zero attached hydrogens (tertiary/aromatic N) is 5. The molecule has 0 spiro atoms. The van der Waals surface area contributed by atoms with Crippen LogP contribution in [0.4, 0.5) is 0 Å². The van der Waals surface area contributed by atoms with Crippen molar-refractivity contribution in [3.8, 4) is 17.1 Å². The van der Waals surface area contributed by atoms with Gasteiger partial charge in [0.15, 0.2) is 0 Å². The summed E-state index contributed by atoms with van der Waals surface area (Å²) < 4.78 is 7.14. The molecule has 5 heteroatoms. The molecule has 0 atom stereocenters. The molecule has 0 saturated heterocycles. The minimum atomic E-state index is 1.06. The van der Waals surface area contributed by atoms with Crippen molar-refractivity contribution in [2.45, 2.75) is 132 Å². The van der Waals surface area contributed by atoms with E-state index < -0.39 is 0 Å². The van der Waals surface area contributed by atoms with Crippen LogP contribution < -0.4 is 0 Å². The van der Waals surface area contributed by atoms with Crippen LogP contribution in [-0.2, 0) is 0 Å². The number of benzene rings is 4. The summed E-state index contributed by atoms with van der Waals surface area (Å²) in [5.41, 5.74) is 31.6. The molecule has 52 heavy (non-hydrogen) atoms. The SMILES string of the molecule is Cc1c(-n2nc(C)c3c(C)c(C)c(C)c(C)c32)c(C)c(-n2c(C)c(C)c3c(C)c(C)c(C)c(C)c32)c(C)c1-n1nc(C)c2c(C)c(C)c(C)c(C)c21. The van der Waals surface area contributed by atoms with E-state index in [0.29, 0.717) is 0 Å². The second kappa shape index (κ2) is 11.7. The van der Waals surface area contributed by atoms with E-state index in [4.69, 9.17) is 10.2 Å². The third-order valence-electron chi connectivity index (χ3n) is 13.9. The van der Waals surface area contributed by atoms with E-state index in [1.54, 1.807) is 0 Å². The van der Waals surface area contributed by atoms with Gasteiger partial charge in [0, 0.05) is 27.4 Å². The van der Waals surface area contributed by atoms with E-state index >= 15 is 0 Å². The van der Waals surface area contributed by atoms with E-state index in [1.165, 1.54) is 133 Å². The fourth-order valence-electron chi connectivity index (χ4n) is 9.80. The largest absolute Gasteiger partial charge is 0.313 e. The highest BCUT2D eigenvalue weighted by molar-refractivity contribution is 5.97. The van der Waals surface area contributed by atoms with Crippen molar-refractivity contribution in [1.82, 2.24) is 24.1 Å². The highest BCUT2D eigenvalue weighted by atomic mass is 15.3. The third kappa shape index (κ3) is 4.34. The molecular weight excluding hydrogens is 635 g/mol. The summed E-state index contributed by atoms with van der Waals surface area (Å²) in [6.07, 6.45) is 0. The first-order valence-electron chi connectivity index (χ1n) is 18.9. The van der Waals surface area contributed by atoms with Crippen molar-refractivity contribution in [1.29, 1.82) is 0 Å². The Kier molecular flexibility index (Phi) is 8.03. The smallest absolute Gasteiger partial charge is 0.0778 e. The van der Waals surface area contributed by atoms with E-state index in [9.17, 15) is 0 Å². The molecule has 0 amide bonds. The molecule has 7 aromatic rings. The van der Waals surface area contributed by atoms with Gasteiger partial charge in [0.05, 0.1) is 45.0 Å². The number of fused-ring (bicyclic) bond motifs is 3. The maximum absolute atomic E-state index is 5.43. The average Bonchev–Trinajstić information content (AvgIpc) is 3.71. The van der Waals surface area contributed by atoms with Crippen LogP contribution in [0.25, 0.3) is 49.8 Å². The van der Waals surface area contributed by atoms with Gasteiger partial charge in [-0.05, 0) is 215 Å². The Balaban J connectivity index is 1.78. The van der Waals surface area contributed by atoms with Gasteiger partial charge in [-0.25, -0.2) is 9.36 Å². The summed E-state index contributed by atoms with van der Waals surface area (Å²) in [4.78, 5) is 0. The van der Waals surface area contributed by atoms with Crippen LogP contribution in [0, 0.1) is 132 Å². The topological polar surface area (TPSA) is 40.6 Å². The van der Waals surface area contributed by atoms with Gasteiger partial charge < -0.3 is 4.57 Å². The molecule has 5 nitrogen and oxygen atoms in total. The Hall–Kier alpha value is -4.64. The van der Waals surface area contributed by atoms with Gasteiger partial charge in [-0.3, -0.25) is 0 Å². The van der Waals surface area contributed by atoms with Crippen molar-refractivity contribution in [2.75, 3.05) is 0 Å². The van der Waals surface area contributed by atoms with Gasteiger partial charge in [-0.2, -0.15) is 10.2 Å². The minimum absolute atomic E-state index is 1.06. The first-order chi connectivity index (χ1) is 24.3. The Morgan fingerprint density at radius 3 is 0.962 bits per heavy atom. The van der Waals surface area contributed by atoms with Crippen LogP contribution in [0.3, 0.4) is 0 Å². The molecule has 0 aliphatic carbocycles. The Bertz CT molecular complexity index is 2620. The first kappa shape index (κ1) is 35.7. The van der Waals surface area contributed by atoms with Gasteiger partial charge in [0.1, 0.15) is 0 Å². The van der Waals surface area contributed by atoms with E-state index in [1.807, 2.05) is 0 Å². The van der Waals surface area contributed by atoms with Crippen molar-refractivity contribution < 1.29 is 0 Å². The molecule has 4 aromatic carbocycles. The summed E-state index contributed by atoms with van der Waals surface area (Å²) in [5.74, 6) is 0. The fourth-order valence-corrected chi connectivity index (χ4v) is 9.80. The number of rotatable bonds is 3. The lowest BCUT2D eigenvalue weighted by Gasteiger charge is -2.26. The van der Waals surface area contributed by atoms with E-state index in [0.717, 1.165) is 22.8 Å². The van der Waals surface area contributed by atoms with Crippen molar-refractivity contribution >= 4 is 32.7 Å². The molecule has 0 saturated carbocycles. The summed E-state index contributed by atoms with van der Waals surface area (Å²) in [5, 5.41) is 14.8. The van der Waals surface area contributed by atoms with E-state index in [2.05, 4.69) is 145 Å². The molecule has 270 valence electrons. The summed E-state index contributed by atoms with van der Waals surface area (Å²) >= 11 is 0. The zero-order valence-electron chi connectivity index (χ0n) is 35.2. The zero-order chi connectivity index (χ0) is 38.3. The summed E-state index contributed by atoms with van der Waals surface area (Å²) in [6.45, 7) is 43.1. The number of aryl methyl sites for hydroxylation is 9. The van der Waals surface area contributed by atoms with Crippen LogP contribution in [-0.4, -0.2) is 24.1 Å². The quantitative estimate of drug-likeness (QED) is 0.185. The highest BCUT2D eigenvalue weighted by Gasteiger charge is 2.30. The van der Waals surface area contributed by atoms with Gasteiger partial charge in [-0.1, -0.05) is 0 Å². The highest BCUT2D eigenvalue weighted by Crippen LogP contribution is 2.44. The average molecular weight is 692 g/mol. The van der Waals surface area contributed by atoms with Crippen molar-refractivity contribution in [3.05, 3.63) is 106 Å². The second-order valence-corrected chi connectivity index (χ2v) is 16.1. The lowest BCUT2D eigenvalue weighted by Crippen LogP contribution is -2.16. The lowest BCUT2D eigenvalue weighted by molar-refractivity contribution is 0.832. The second-order valence-electron chi connectivity index (χ2n) is 16.1. The Labute approximate surface area is 310 Å². The lowest BCUT2D eigenvalue weighted by atomic mass is 9.93. The Morgan fingerprint density at radius 2 is 0.577 bits per heavy atom. The molecule has 0 bridgehead atoms. The third-order valence-corrected chi connectivity index (χ3v) is 13.9. The maximum atomic E-state index is 5.43. The molecule has 0 fully saturated rings. The van der Waals surface area contributed by atoms with Crippen LogP contribution >= 0.6 is 0 Å². The maximum Gasteiger partial charge on any atom is 0.0778 e. The Morgan fingerprint density at radius 1 is 0.269 bits per heavy atom. The van der Waals surface area contributed by atoms with Gasteiger partial charge in [0.25, 0.3) is 0 Å². The summed E-state index contributed by atoms with van der Waals surface area (Å²) in [7, 11) is 0. The standard InChI is InChI=1S/C47H57N5/c1-20-23(4)29(10)45-39(26(20)7)32(13)38(19)50(45)42-33(14)43(51-46-30(11)24(5)21(2)27(8)40(46)36(17)48-51)35(16)44(34(42)15)52-47-31(12)25(6)22(3)28(9)41(47)37(18)49-52/h1-19H3. The molecule has 0 N–H and O–H groups in total. The molecular formula is C47H57N5. The molecule has 0 radical (unpaired) electrons. The first-order valence-corrected chi connectivity index (χ1v) is 18.9. The number of hydrogen-bond acceptors (Lipinski definition) is 2. The van der Waals surface area contributed by atoms with E-state index in [-0.39, 0.29) is 0 Å². The predicted octanol–water partition coefficient (Wildman–Crippen LogP) is 12.2. The molecule has 3 heterocycles. The fraction of sp³-hybridized carbons (Fsp3) is 0.404. The normalized spacial score (nSPS) is 12.1. The van der Waals surface area contributed by atoms with Crippen LogP contribution in [0.2, 0.25) is 0 Å². The van der Waals surface area contributed by atoms with Crippen LogP contribution in [0.15, 0.2) is 0 Å². The predicted molar refractivity (Wildman–Crippen MR) is 223 cm³/mol. The molecule has 0 unspecified atom stereocenters. The van der Waals surface area contributed by atoms with Crippen LogP contribution in [0.1, 0.15) is 106 Å². The molecule has 3 aromatic heterocycles. The molecule has 7 rings (SSSR count). The van der Waals surface area contributed by atoms with Crippen LogP contribution in [0.5, 0.6) is 0 Å². The van der Waals surface area contributed by atoms with Gasteiger partial charge in [0.2, 0.25) is 0 Å². The molecule has 0 aliphatic rings. The molecule has 0 aliphatic heterocycles.